The minimum Gasteiger partial charge on any atom is -0.478 e. The minimum atomic E-state index is -3.06. The molecule has 0 aromatic heterocycles. The highest BCUT2D eigenvalue weighted by molar-refractivity contribution is 7.94. The van der Waals surface area contributed by atoms with Crippen molar-refractivity contribution in [2.45, 2.75) is 16.6 Å². The number of hydrogen-bond acceptors (Lipinski definition) is 4. The molecule has 0 aliphatic carbocycles. The molecule has 1 aliphatic rings. The van der Waals surface area contributed by atoms with E-state index in [-0.39, 0.29) is 22.3 Å². The van der Waals surface area contributed by atoms with Crippen LogP contribution in [0.3, 0.4) is 0 Å². The molecule has 1 aromatic rings. The van der Waals surface area contributed by atoms with E-state index in [1.165, 1.54) is 24.3 Å². The van der Waals surface area contributed by atoms with Gasteiger partial charge in [0.05, 0.1) is 33.1 Å². The van der Waals surface area contributed by atoms with Crippen molar-refractivity contribution in [1.29, 1.82) is 0 Å². The summed E-state index contributed by atoms with van der Waals surface area (Å²) in [6.07, 6.45) is 0.398. The first-order valence-electron chi connectivity index (χ1n) is 5.33. The van der Waals surface area contributed by atoms with Crippen LogP contribution in [0.5, 0.6) is 0 Å². The van der Waals surface area contributed by atoms with Crippen molar-refractivity contribution in [3.63, 3.8) is 0 Å². The van der Waals surface area contributed by atoms with Gasteiger partial charge in [-0.2, -0.15) is 0 Å². The highest BCUT2D eigenvalue weighted by Crippen LogP contribution is 2.22. The Bertz CT molecular complexity index is 588. The van der Waals surface area contributed by atoms with Crippen molar-refractivity contribution in [1.82, 2.24) is 0 Å². The maximum Gasteiger partial charge on any atom is 0.335 e. The quantitative estimate of drug-likeness (QED) is 0.883. The average molecular weight is 288 g/mol. The lowest BCUT2D eigenvalue weighted by molar-refractivity contribution is 0.0697. The highest BCUT2D eigenvalue weighted by Gasteiger charge is 2.32. The van der Waals surface area contributed by atoms with E-state index in [9.17, 15) is 17.4 Å². The third-order valence-electron chi connectivity index (χ3n) is 2.83. The summed E-state index contributed by atoms with van der Waals surface area (Å²) in [5.41, 5.74) is 0.120. The topological polar surface area (TPSA) is 88.5 Å². The second-order valence-electron chi connectivity index (χ2n) is 4.15. The van der Waals surface area contributed by atoms with E-state index in [1.807, 2.05) is 0 Å². The smallest absolute Gasteiger partial charge is 0.335 e. The Kier molecular flexibility index (Phi) is 3.54. The van der Waals surface area contributed by atoms with Crippen LogP contribution in [-0.4, -0.2) is 40.5 Å². The maximum absolute atomic E-state index is 12.1. The van der Waals surface area contributed by atoms with E-state index in [2.05, 4.69) is 0 Å². The van der Waals surface area contributed by atoms with Gasteiger partial charge in [0.25, 0.3) is 0 Å². The summed E-state index contributed by atoms with van der Waals surface area (Å²) in [4.78, 5) is 11.1. The number of rotatable bonds is 3. The molecule has 0 spiro atoms. The first-order valence-corrected chi connectivity index (χ1v) is 8.37. The molecule has 1 fully saturated rings. The Hall–Kier alpha value is -1.21. The fourth-order valence-corrected chi connectivity index (χ4v) is 5.78. The van der Waals surface area contributed by atoms with Gasteiger partial charge in [-0.3, -0.25) is 4.21 Å². The van der Waals surface area contributed by atoms with Crippen LogP contribution in [0.1, 0.15) is 16.8 Å². The number of carboxylic acid groups (broad SMARTS) is 1. The SMILES string of the molecule is O=C(O)c1ccc(S(=O)C2CCS(=O)(=O)C2)cc1. The van der Waals surface area contributed by atoms with Crippen LogP contribution in [0.25, 0.3) is 0 Å². The number of hydrogen-bond donors (Lipinski definition) is 1. The second kappa shape index (κ2) is 4.81. The zero-order valence-corrected chi connectivity index (χ0v) is 11.0. The molecule has 0 bridgehead atoms. The fraction of sp³-hybridized carbons (Fsp3) is 0.364. The summed E-state index contributed by atoms with van der Waals surface area (Å²) in [7, 11) is -4.46. The molecule has 0 radical (unpaired) electrons. The van der Waals surface area contributed by atoms with Gasteiger partial charge in [0.2, 0.25) is 0 Å². The summed E-state index contributed by atoms with van der Waals surface area (Å²) in [5.74, 6) is -1.02. The Morgan fingerprint density at radius 1 is 1.28 bits per heavy atom. The van der Waals surface area contributed by atoms with E-state index in [0.717, 1.165) is 0 Å². The van der Waals surface area contributed by atoms with Crippen LogP contribution in [0.15, 0.2) is 29.2 Å². The molecule has 98 valence electrons. The van der Waals surface area contributed by atoms with Gasteiger partial charge in [-0.15, -0.1) is 0 Å². The first-order chi connectivity index (χ1) is 8.39. The van der Waals surface area contributed by atoms with Crippen molar-refractivity contribution in [3.8, 4) is 0 Å². The Labute approximate surface area is 107 Å². The van der Waals surface area contributed by atoms with Gasteiger partial charge >= 0.3 is 5.97 Å². The summed E-state index contributed by atoms with van der Waals surface area (Å²) in [6.45, 7) is 0. The largest absolute Gasteiger partial charge is 0.478 e. The molecule has 1 aromatic carbocycles. The van der Waals surface area contributed by atoms with Crippen LogP contribution >= 0.6 is 0 Å². The lowest BCUT2D eigenvalue weighted by atomic mass is 10.2. The molecule has 1 saturated heterocycles. The first kappa shape index (κ1) is 13.2. The highest BCUT2D eigenvalue weighted by atomic mass is 32.2. The van der Waals surface area contributed by atoms with Gasteiger partial charge in [0, 0.05) is 4.90 Å². The molecule has 5 nitrogen and oxygen atoms in total. The van der Waals surface area contributed by atoms with Gasteiger partial charge in [0.1, 0.15) is 0 Å². The second-order valence-corrected chi connectivity index (χ2v) is 8.11. The molecule has 2 unspecified atom stereocenters. The standard InChI is InChI=1S/C11H12O5S2/c12-11(13)8-1-3-9(4-2-8)17(14)10-5-6-18(15,16)7-10/h1-4,10H,5-7H2,(H,12,13). The van der Waals surface area contributed by atoms with E-state index >= 15 is 0 Å². The number of carboxylic acids is 1. The fourth-order valence-electron chi connectivity index (χ4n) is 1.85. The van der Waals surface area contributed by atoms with Crippen LogP contribution in [-0.2, 0) is 20.6 Å². The molecule has 18 heavy (non-hydrogen) atoms. The summed E-state index contributed by atoms with van der Waals surface area (Å²) < 4.78 is 34.7. The van der Waals surface area contributed by atoms with Gasteiger partial charge in [0.15, 0.2) is 9.84 Å². The van der Waals surface area contributed by atoms with Crippen molar-refractivity contribution in [2.24, 2.45) is 0 Å². The van der Waals surface area contributed by atoms with Crippen molar-refractivity contribution < 1.29 is 22.5 Å². The molecule has 1 heterocycles. The normalized spacial score (nSPS) is 23.7. The zero-order chi connectivity index (χ0) is 13.3. The van der Waals surface area contributed by atoms with Crippen LogP contribution in [0.4, 0.5) is 0 Å². The summed E-state index contributed by atoms with van der Waals surface area (Å²) >= 11 is 0. The number of benzene rings is 1. The maximum atomic E-state index is 12.1. The van der Waals surface area contributed by atoms with Gasteiger partial charge in [-0.05, 0) is 30.7 Å². The number of aromatic carboxylic acids is 1. The monoisotopic (exact) mass is 288 g/mol. The molecule has 1 N–H and O–H groups in total. The number of carbonyl (C=O) groups is 1. The van der Waals surface area contributed by atoms with Crippen LogP contribution in [0.2, 0.25) is 0 Å². The Morgan fingerprint density at radius 3 is 2.33 bits per heavy atom. The molecule has 7 heteroatoms. The van der Waals surface area contributed by atoms with E-state index in [1.54, 1.807) is 0 Å². The van der Waals surface area contributed by atoms with E-state index < -0.39 is 26.6 Å². The molecule has 1 aliphatic heterocycles. The van der Waals surface area contributed by atoms with E-state index in [4.69, 9.17) is 5.11 Å². The molecular formula is C11H12O5S2. The Morgan fingerprint density at radius 2 is 1.89 bits per heavy atom. The predicted octanol–water partition coefficient (Wildman–Crippen LogP) is 0.679. The van der Waals surface area contributed by atoms with Gasteiger partial charge in [-0.25, -0.2) is 13.2 Å². The van der Waals surface area contributed by atoms with Crippen molar-refractivity contribution in [2.75, 3.05) is 11.5 Å². The van der Waals surface area contributed by atoms with E-state index in [0.29, 0.717) is 11.3 Å². The number of sulfone groups is 1. The molecule has 0 amide bonds. The van der Waals surface area contributed by atoms with Gasteiger partial charge < -0.3 is 5.11 Å². The van der Waals surface area contributed by atoms with Crippen molar-refractivity contribution >= 4 is 26.6 Å². The molecule has 2 rings (SSSR count). The zero-order valence-electron chi connectivity index (χ0n) is 9.40. The average Bonchev–Trinajstić information content (AvgIpc) is 2.69. The minimum absolute atomic E-state index is 0.0553. The van der Waals surface area contributed by atoms with Crippen LogP contribution in [0, 0.1) is 0 Å². The predicted molar refractivity (Wildman–Crippen MR) is 66.9 cm³/mol. The third-order valence-corrected chi connectivity index (χ3v) is 6.55. The summed E-state index contributed by atoms with van der Waals surface area (Å²) in [6, 6.07) is 5.70. The lowest BCUT2D eigenvalue weighted by Gasteiger charge is -2.07. The summed E-state index contributed by atoms with van der Waals surface area (Å²) in [5, 5.41) is 8.36. The molecular weight excluding hydrogens is 276 g/mol. The molecule has 0 saturated carbocycles. The lowest BCUT2D eigenvalue weighted by Crippen LogP contribution is -2.16. The van der Waals surface area contributed by atoms with Crippen LogP contribution < -0.4 is 0 Å². The van der Waals surface area contributed by atoms with Crippen molar-refractivity contribution in [3.05, 3.63) is 29.8 Å². The Balaban J connectivity index is 2.17. The third kappa shape index (κ3) is 2.78. The molecule has 2 atom stereocenters. The van der Waals surface area contributed by atoms with Gasteiger partial charge in [-0.1, -0.05) is 0 Å².